The van der Waals surface area contributed by atoms with Crippen LogP contribution in [0, 0.1) is 5.82 Å². The van der Waals surface area contributed by atoms with Crippen LogP contribution < -0.4 is 10.2 Å². The molecule has 0 aliphatic heterocycles. The average molecular weight is 324 g/mol. The second-order valence-corrected chi connectivity index (χ2v) is 5.57. The van der Waals surface area contributed by atoms with Crippen molar-refractivity contribution < 1.29 is 4.39 Å². The molecule has 0 amide bonds. The fraction of sp³-hybridized carbons (Fsp3) is 0.105. The predicted molar refractivity (Wildman–Crippen MR) is 99.6 cm³/mol. The average Bonchev–Trinajstić information content (AvgIpc) is 2.58. The second kappa shape index (κ2) is 6.75. The number of nitrogens with one attached hydrogen (secondary N) is 1. The van der Waals surface area contributed by atoms with E-state index >= 15 is 0 Å². The maximum Gasteiger partial charge on any atom is 0.177 e. The first-order valence-electron chi connectivity index (χ1n) is 7.51. The molecule has 0 atom stereocenters. The van der Waals surface area contributed by atoms with Crippen LogP contribution in [0.2, 0.25) is 0 Å². The van der Waals surface area contributed by atoms with E-state index in [0.717, 1.165) is 23.3 Å². The van der Waals surface area contributed by atoms with Crippen molar-refractivity contribution in [2.24, 2.45) is 0 Å². The summed E-state index contributed by atoms with van der Waals surface area (Å²) in [5.41, 5.74) is 1.83. The van der Waals surface area contributed by atoms with Gasteiger partial charge in [0.2, 0.25) is 0 Å². The number of benzene rings is 3. The standard InChI is InChI=1S/C19H17FN2S/c1-2-22(19(23)21-16-12-10-15(20)11-13-16)18-9-5-7-14-6-3-4-8-17(14)18/h3-13H,2H2,1H3,(H,21,23). The van der Waals surface area contributed by atoms with Crippen molar-refractivity contribution in [3.05, 3.63) is 72.5 Å². The minimum atomic E-state index is -0.261. The Kier molecular flexibility index (Phi) is 4.53. The Morgan fingerprint density at radius 2 is 1.70 bits per heavy atom. The summed E-state index contributed by atoms with van der Waals surface area (Å²) in [6, 6.07) is 20.6. The highest BCUT2D eigenvalue weighted by Gasteiger charge is 2.13. The molecule has 0 bridgehead atoms. The third-order valence-corrected chi connectivity index (χ3v) is 4.04. The minimum absolute atomic E-state index is 0.261. The number of thiocarbonyl (C=S) groups is 1. The van der Waals surface area contributed by atoms with Crippen molar-refractivity contribution in [2.75, 3.05) is 16.8 Å². The number of anilines is 2. The Labute approximate surface area is 140 Å². The van der Waals surface area contributed by atoms with Crippen LogP contribution >= 0.6 is 12.2 Å². The molecule has 2 nitrogen and oxygen atoms in total. The Morgan fingerprint density at radius 1 is 1.00 bits per heavy atom. The molecule has 0 saturated carbocycles. The molecule has 0 aromatic heterocycles. The van der Waals surface area contributed by atoms with Gasteiger partial charge in [-0.15, -0.1) is 0 Å². The van der Waals surface area contributed by atoms with E-state index in [2.05, 4.69) is 36.5 Å². The van der Waals surface area contributed by atoms with Crippen LogP contribution in [0.15, 0.2) is 66.7 Å². The summed E-state index contributed by atoms with van der Waals surface area (Å²) in [4.78, 5) is 2.04. The maximum atomic E-state index is 13.0. The van der Waals surface area contributed by atoms with Gasteiger partial charge in [-0.25, -0.2) is 4.39 Å². The molecule has 116 valence electrons. The summed E-state index contributed by atoms with van der Waals surface area (Å²) in [6.45, 7) is 2.79. The lowest BCUT2D eigenvalue weighted by Gasteiger charge is -2.26. The lowest BCUT2D eigenvalue weighted by atomic mass is 10.1. The minimum Gasteiger partial charge on any atom is -0.332 e. The highest BCUT2D eigenvalue weighted by atomic mass is 32.1. The molecule has 3 aromatic carbocycles. The molecule has 1 N–H and O–H groups in total. The van der Waals surface area contributed by atoms with Crippen molar-refractivity contribution in [3.8, 4) is 0 Å². The monoisotopic (exact) mass is 324 g/mol. The van der Waals surface area contributed by atoms with Gasteiger partial charge in [0.05, 0.1) is 5.69 Å². The number of halogens is 1. The molecule has 0 heterocycles. The van der Waals surface area contributed by atoms with Gasteiger partial charge in [-0.05, 0) is 54.9 Å². The van der Waals surface area contributed by atoms with Gasteiger partial charge in [0.15, 0.2) is 5.11 Å². The summed E-state index contributed by atoms with van der Waals surface area (Å²) >= 11 is 5.56. The normalized spacial score (nSPS) is 10.5. The van der Waals surface area contributed by atoms with Gasteiger partial charge in [0.25, 0.3) is 0 Å². The van der Waals surface area contributed by atoms with E-state index in [0.29, 0.717) is 5.11 Å². The zero-order valence-corrected chi connectivity index (χ0v) is 13.6. The Morgan fingerprint density at radius 3 is 2.43 bits per heavy atom. The summed E-state index contributed by atoms with van der Waals surface area (Å²) in [6.07, 6.45) is 0. The molecule has 3 rings (SSSR count). The number of fused-ring (bicyclic) bond motifs is 1. The van der Waals surface area contributed by atoms with Crippen LogP contribution in [0.3, 0.4) is 0 Å². The largest absolute Gasteiger partial charge is 0.332 e. The van der Waals surface area contributed by atoms with E-state index in [4.69, 9.17) is 12.2 Å². The topological polar surface area (TPSA) is 15.3 Å². The molecule has 0 spiro atoms. The van der Waals surface area contributed by atoms with Crippen LogP contribution in [0.5, 0.6) is 0 Å². The number of nitrogens with zero attached hydrogens (tertiary/aromatic N) is 1. The fourth-order valence-corrected chi connectivity index (χ4v) is 2.94. The first-order valence-corrected chi connectivity index (χ1v) is 7.91. The van der Waals surface area contributed by atoms with Crippen LogP contribution in [-0.2, 0) is 0 Å². The first kappa shape index (κ1) is 15.4. The number of hydrogen-bond donors (Lipinski definition) is 1. The van der Waals surface area contributed by atoms with Crippen molar-refractivity contribution in [2.45, 2.75) is 6.92 Å². The lowest BCUT2D eigenvalue weighted by Crippen LogP contribution is -2.34. The van der Waals surface area contributed by atoms with E-state index < -0.39 is 0 Å². The molecule has 3 aromatic rings. The molecule has 0 unspecified atom stereocenters. The van der Waals surface area contributed by atoms with E-state index in [-0.39, 0.29) is 5.82 Å². The van der Waals surface area contributed by atoms with Gasteiger partial charge in [-0.3, -0.25) is 0 Å². The van der Waals surface area contributed by atoms with E-state index in [1.165, 1.54) is 17.5 Å². The van der Waals surface area contributed by atoms with Crippen molar-refractivity contribution >= 4 is 39.5 Å². The van der Waals surface area contributed by atoms with Crippen LogP contribution in [0.1, 0.15) is 6.92 Å². The third-order valence-electron chi connectivity index (χ3n) is 3.71. The molecular formula is C19H17FN2S. The molecular weight excluding hydrogens is 307 g/mol. The predicted octanol–water partition coefficient (Wildman–Crippen LogP) is 5.20. The zero-order chi connectivity index (χ0) is 16.2. The smallest absolute Gasteiger partial charge is 0.177 e. The fourth-order valence-electron chi connectivity index (χ4n) is 2.59. The molecule has 0 fully saturated rings. The highest BCUT2D eigenvalue weighted by molar-refractivity contribution is 7.80. The van der Waals surface area contributed by atoms with Gasteiger partial charge in [0.1, 0.15) is 5.82 Å². The maximum absolute atomic E-state index is 13.0. The van der Waals surface area contributed by atoms with Crippen molar-refractivity contribution in [3.63, 3.8) is 0 Å². The summed E-state index contributed by atoms with van der Waals surface area (Å²) in [5, 5.41) is 6.09. The van der Waals surface area contributed by atoms with Gasteiger partial charge in [-0.2, -0.15) is 0 Å². The summed E-state index contributed by atoms with van der Waals surface area (Å²) in [5.74, 6) is -0.261. The summed E-state index contributed by atoms with van der Waals surface area (Å²) < 4.78 is 13.0. The van der Waals surface area contributed by atoms with E-state index in [1.54, 1.807) is 12.1 Å². The Hall–Kier alpha value is -2.46. The summed E-state index contributed by atoms with van der Waals surface area (Å²) in [7, 11) is 0. The molecule has 0 aliphatic rings. The Balaban J connectivity index is 1.91. The van der Waals surface area contributed by atoms with Crippen molar-refractivity contribution in [1.82, 2.24) is 0 Å². The van der Waals surface area contributed by atoms with Crippen LogP contribution in [0.4, 0.5) is 15.8 Å². The number of hydrogen-bond acceptors (Lipinski definition) is 1. The van der Waals surface area contributed by atoms with Crippen LogP contribution in [0.25, 0.3) is 10.8 Å². The van der Waals surface area contributed by atoms with Crippen LogP contribution in [-0.4, -0.2) is 11.7 Å². The Bertz CT molecular complexity index is 825. The van der Waals surface area contributed by atoms with Gasteiger partial charge in [0, 0.05) is 17.6 Å². The van der Waals surface area contributed by atoms with Gasteiger partial charge >= 0.3 is 0 Å². The van der Waals surface area contributed by atoms with Crippen molar-refractivity contribution in [1.29, 1.82) is 0 Å². The lowest BCUT2D eigenvalue weighted by molar-refractivity contribution is 0.628. The van der Waals surface area contributed by atoms with Gasteiger partial charge < -0.3 is 10.2 Å². The second-order valence-electron chi connectivity index (χ2n) is 5.18. The third kappa shape index (κ3) is 3.32. The quantitative estimate of drug-likeness (QED) is 0.666. The molecule has 0 radical (unpaired) electrons. The molecule has 0 aliphatic carbocycles. The number of rotatable bonds is 3. The first-order chi connectivity index (χ1) is 11.2. The van der Waals surface area contributed by atoms with Gasteiger partial charge in [-0.1, -0.05) is 36.4 Å². The van der Waals surface area contributed by atoms with E-state index in [1.807, 2.05) is 23.1 Å². The molecule has 23 heavy (non-hydrogen) atoms. The molecule has 4 heteroatoms. The van der Waals surface area contributed by atoms with E-state index in [9.17, 15) is 4.39 Å². The highest BCUT2D eigenvalue weighted by Crippen LogP contribution is 2.27. The SMILES string of the molecule is CCN(C(=S)Nc1ccc(F)cc1)c1cccc2ccccc12. The zero-order valence-electron chi connectivity index (χ0n) is 12.8. The molecule has 0 saturated heterocycles.